The van der Waals surface area contributed by atoms with E-state index < -0.39 is 5.60 Å². The monoisotopic (exact) mass is 253 g/mol. The Hall–Kier alpha value is -1.42. The zero-order chi connectivity index (χ0) is 13.6. The van der Waals surface area contributed by atoms with E-state index in [1.54, 1.807) is 32.0 Å². The lowest BCUT2D eigenvalue weighted by Crippen LogP contribution is -2.38. The molecule has 3 nitrogen and oxygen atoms in total. The number of carbonyl (C=O) groups excluding carboxylic acids is 1. The molecular weight excluding hydrogens is 233 g/mol. The van der Waals surface area contributed by atoms with Gasteiger partial charge in [-0.3, -0.25) is 4.79 Å². The molecule has 0 aliphatic heterocycles. The van der Waals surface area contributed by atoms with Crippen molar-refractivity contribution in [1.82, 2.24) is 5.32 Å². The van der Waals surface area contributed by atoms with E-state index in [-0.39, 0.29) is 18.3 Å². The van der Waals surface area contributed by atoms with E-state index in [9.17, 15) is 14.3 Å². The van der Waals surface area contributed by atoms with Crippen molar-refractivity contribution in [3.05, 3.63) is 35.6 Å². The van der Waals surface area contributed by atoms with Crippen molar-refractivity contribution in [2.75, 3.05) is 6.54 Å². The average molecular weight is 253 g/mol. The lowest BCUT2D eigenvalue weighted by atomic mass is 10.1. The van der Waals surface area contributed by atoms with Crippen LogP contribution in [0.2, 0.25) is 0 Å². The molecule has 1 aromatic carbocycles. The van der Waals surface area contributed by atoms with Crippen LogP contribution in [0.15, 0.2) is 24.3 Å². The van der Waals surface area contributed by atoms with Crippen molar-refractivity contribution in [3.8, 4) is 0 Å². The van der Waals surface area contributed by atoms with Crippen LogP contribution in [-0.4, -0.2) is 23.2 Å². The number of hydrogen-bond acceptors (Lipinski definition) is 2. The minimum absolute atomic E-state index is 0.117. The van der Waals surface area contributed by atoms with Crippen molar-refractivity contribution in [1.29, 1.82) is 0 Å². The molecule has 18 heavy (non-hydrogen) atoms. The van der Waals surface area contributed by atoms with Crippen molar-refractivity contribution in [2.24, 2.45) is 0 Å². The minimum Gasteiger partial charge on any atom is -0.389 e. The van der Waals surface area contributed by atoms with Gasteiger partial charge in [0.15, 0.2) is 0 Å². The normalized spacial score (nSPS) is 11.3. The Morgan fingerprint density at radius 3 is 2.67 bits per heavy atom. The Labute approximate surface area is 107 Å². The Balaban J connectivity index is 2.26. The molecular formula is C14H20FNO2. The summed E-state index contributed by atoms with van der Waals surface area (Å²) in [5, 5.41) is 12.1. The Bertz CT molecular complexity index is 399. The van der Waals surface area contributed by atoms with E-state index in [1.165, 1.54) is 6.07 Å². The third-order valence-electron chi connectivity index (χ3n) is 2.53. The average Bonchev–Trinajstić information content (AvgIpc) is 2.28. The number of nitrogens with one attached hydrogen (secondary N) is 1. The smallest absolute Gasteiger partial charge is 0.220 e. The van der Waals surface area contributed by atoms with Crippen molar-refractivity contribution >= 4 is 5.91 Å². The summed E-state index contributed by atoms with van der Waals surface area (Å²) in [6.07, 6.45) is 1.48. The second kappa shape index (κ2) is 6.50. The number of rotatable bonds is 6. The van der Waals surface area contributed by atoms with Gasteiger partial charge in [-0.05, 0) is 38.3 Å². The molecule has 0 unspecified atom stereocenters. The first-order valence-corrected chi connectivity index (χ1v) is 6.11. The Morgan fingerprint density at radius 2 is 2.06 bits per heavy atom. The van der Waals surface area contributed by atoms with E-state index in [1.807, 2.05) is 0 Å². The van der Waals surface area contributed by atoms with Crippen LogP contribution in [0.5, 0.6) is 0 Å². The summed E-state index contributed by atoms with van der Waals surface area (Å²) in [7, 11) is 0. The summed E-state index contributed by atoms with van der Waals surface area (Å²) in [5.41, 5.74) is -0.269. The van der Waals surface area contributed by atoms with Gasteiger partial charge in [0.05, 0.1) is 5.60 Å². The summed E-state index contributed by atoms with van der Waals surface area (Å²) < 4.78 is 13.3. The van der Waals surface area contributed by atoms with Gasteiger partial charge in [-0.15, -0.1) is 0 Å². The van der Waals surface area contributed by atoms with Crippen LogP contribution in [0.25, 0.3) is 0 Å². The van der Waals surface area contributed by atoms with Crippen LogP contribution in [0.3, 0.4) is 0 Å². The van der Waals surface area contributed by atoms with Gasteiger partial charge in [0.25, 0.3) is 0 Å². The Kier molecular flexibility index (Phi) is 5.28. The van der Waals surface area contributed by atoms with E-state index in [0.29, 0.717) is 24.8 Å². The van der Waals surface area contributed by atoms with Crippen molar-refractivity contribution in [3.63, 3.8) is 0 Å². The van der Waals surface area contributed by atoms with Crippen LogP contribution >= 0.6 is 0 Å². The molecule has 0 aliphatic carbocycles. The number of amides is 1. The van der Waals surface area contributed by atoms with E-state index in [2.05, 4.69) is 5.32 Å². The first-order valence-electron chi connectivity index (χ1n) is 6.11. The fourth-order valence-corrected chi connectivity index (χ4v) is 1.54. The molecule has 100 valence electrons. The van der Waals surface area contributed by atoms with Crippen LogP contribution < -0.4 is 5.32 Å². The van der Waals surface area contributed by atoms with Gasteiger partial charge in [0, 0.05) is 13.0 Å². The summed E-state index contributed by atoms with van der Waals surface area (Å²) in [5.74, 6) is -0.345. The summed E-state index contributed by atoms with van der Waals surface area (Å²) in [6, 6.07) is 6.58. The van der Waals surface area contributed by atoms with E-state index >= 15 is 0 Å². The molecule has 1 amide bonds. The van der Waals surface area contributed by atoms with Crippen molar-refractivity contribution in [2.45, 2.75) is 38.7 Å². The third-order valence-corrected chi connectivity index (χ3v) is 2.53. The molecule has 0 spiro atoms. The van der Waals surface area contributed by atoms with Crippen LogP contribution in [0.4, 0.5) is 4.39 Å². The highest BCUT2D eigenvalue weighted by Crippen LogP contribution is 2.10. The Morgan fingerprint density at radius 1 is 1.39 bits per heavy atom. The second-order valence-electron chi connectivity index (χ2n) is 5.03. The van der Waals surface area contributed by atoms with Gasteiger partial charge in [-0.25, -0.2) is 4.39 Å². The predicted octanol–water partition coefficient (Wildman–Crippen LogP) is 2.04. The van der Waals surface area contributed by atoms with Gasteiger partial charge in [0.1, 0.15) is 5.82 Å². The van der Waals surface area contributed by atoms with Crippen LogP contribution in [0, 0.1) is 5.82 Å². The molecule has 0 saturated carbocycles. The van der Waals surface area contributed by atoms with Gasteiger partial charge < -0.3 is 10.4 Å². The number of hydrogen-bond donors (Lipinski definition) is 2. The first kappa shape index (κ1) is 14.6. The van der Waals surface area contributed by atoms with Crippen LogP contribution in [-0.2, 0) is 11.2 Å². The highest BCUT2D eigenvalue weighted by atomic mass is 19.1. The first-order chi connectivity index (χ1) is 8.38. The van der Waals surface area contributed by atoms with Gasteiger partial charge in [-0.1, -0.05) is 18.2 Å². The fraction of sp³-hybridized carbons (Fsp3) is 0.500. The highest BCUT2D eigenvalue weighted by Gasteiger charge is 2.13. The molecule has 1 aromatic rings. The molecule has 0 fully saturated rings. The lowest BCUT2D eigenvalue weighted by Gasteiger charge is -2.17. The number of halogens is 1. The maximum absolute atomic E-state index is 13.3. The SMILES string of the molecule is CC(C)(O)CNC(=O)CCCc1ccccc1F. The second-order valence-corrected chi connectivity index (χ2v) is 5.03. The molecule has 0 atom stereocenters. The molecule has 1 rings (SSSR count). The van der Waals surface area contributed by atoms with E-state index in [4.69, 9.17) is 0 Å². The van der Waals surface area contributed by atoms with Crippen molar-refractivity contribution < 1.29 is 14.3 Å². The zero-order valence-corrected chi connectivity index (χ0v) is 10.9. The molecule has 0 aliphatic rings. The number of carbonyl (C=O) groups is 1. The number of aliphatic hydroxyl groups is 1. The molecule has 2 N–H and O–H groups in total. The largest absolute Gasteiger partial charge is 0.389 e. The summed E-state index contributed by atoms with van der Waals surface area (Å²) in [6.45, 7) is 3.49. The van der Waals surface area contributed by atoms with Gasteiger partial charge >= 0.3 is 0 Å². The van der Waals surface area contributed by atoms with Crippen LogP contribution in [0.1, 0.15) is 32.3 Å². The fourth-order valence-electron chi connectivity index (χ4n) is 1.54. The molecule has 0 heterocycles. The van der Waals surface area contributed by atoms with Gasteiger partial charge in [-0.2, -0.15) is 0 Å². The summed E-state index contributed by atoms with van der Waals surface area (Å²) in [4.78, 5) is 11.4. The molecule has 0 saturated heterocycles. The highest BCUT2D eigenvalue weighted by molar-refractivity contribution is 5.75. The maximum atomic E-state index is 13.3. The topological polar surface area (TPSA) is 49.3 Å². The molecule has 0 aromatic heterocycles. The zero-order valence-electron chi connectivity index (χ0n) is 10.9. The molecule has 0 bridgehead atoms. The standard InChI is InChI=1S/C14H20FNO2/c1-14(2,18)10-16-13(17)9-5-7-11-6-3-4-8-12(11)15/h3-4,6,8,18H,5,7,9-10H2,1-2H3,(H,16,17). The van der Waals surface area contributed by atoms with Gasteiger partial charge in [0.2, 0.25) is 5.91 Å². The summed E-state index contributed by atoms with van der Waals surface area (Å²) >= 11 is 0. The molecule has 4 heteroatoms. The lowest BCUT2D eigenvalue weighted by molar-refractivity contribution is -0.122. The number of benzene rings is 1. The quantitative estimate of drug-likeness (QED) is 0.815. The van der Waals surface area contributed by atoms with E-state index in [0.717, 1.165) is 0 Å². The molecule has 0 radical (unpaired) electrons. The number of aryl methyl sites for hydroxylation is 1. The third kappa shape index (κ3) is 5.77. The minimum atomic E-state index is -0.902. The predicted molar refractivity (Wildman–Crippen MR) is 68.6 cm³/mol. The maximum Gasteiger partial charge on any atom is 0.220 e.